The highest BCUT2D eigenvalue weighted by Gasteiger charge is 2.29. The Balaban J connectivity index is 1.58. The Labute approximate surface area is 206 Å². The first kappa shape index (κ1) is 24.6. The third-order valence-electron chi connectivity index (χ3n) is 6.05. The molecular formula is C27H30N2O5S. The lowest BCUT2D eigenvalue weighted by Gasteiger charge is -2.29. The quantitative estimate of drug-likeness (QED) is 0.474. The molecule has 0 fully saturated rings. The zero-order valence-corrected chi connectivity index (χ0v) is 20.8. The Morgan fingerprint density at radius 1 is 1.03 bits per heavy atom. The zero-order chi connectivity index (χ0) is 24.8. The van der Waals surface area contributed by atoms with E-state index in [1.807, 2.05) is 25.1 Å². The molecule has 1 aliphatic rings. The number of amides is 1. The molecule has 3 aromatic carbocycles. The minimum Gasteiger partial charge on any atom is -0.497 e. The van der Waals surface area contributed by atoms with E-state index in [1.54, 1.807) is 49.6 Å². The van der Waals surface area contributed by atoms with Crippen molar-refractivity contribution in [2.75, 3.05) is 24.6 Å². The first-order chi connectivity index (χ1) is 16.9. The van der Waals surface area contributed by atoms with Crippen LogP contribution in [0.1, 0.15) is 36.9 Å². The number of rotatable bonds is 9. The van der Waals surface area contributed by atoms with Crippen molar-refractivity contribution in [3.8, 4) is 11.5 Å². The van der Waals surface area contributed by atoms with Crippen LogP contribution in [0.4, 0.5) is 5.69 Å². The molecule has 0 heterocycles. The molecule has 4 rings (SSSR count). The second-order valence-corrected chi connectivity index (χ2v) is 10.2. The summed E-state index contributed by atoms with van der Waals surface area (Å²) in [5, 5.41) is 3.06. The van der Waals surface area contributed by atoms with E-state index in [0.29, 0.717) is 18.0 Å². The Hall–Kier alpha value is -3.52. The lowest BCUT2D eigenvalue weighted by Crippen LogP contribution is -2.42. The molecule has 1 atom stereocenters. The first-order valence-electron chi connectivity index (χ1n) is 11.7. The maximum Gasteiger partial charge on any atom is 0.264 e. The normalized spacial score (nSPS) is 15.1. The second kappa shape index (κ2) is 10.8. The van der Waals surface area contributed by atoms with Gasteiger partial charge in [-0.05, 0) is 85.8 Å². The lowest BCUT2D eigenvalue weighted by molar-refractivity contribution is -0.120. The van der Waals surface area contributed by atoms with Crippen LogP contribution in [0.2, 0.25) is 0 Å². The third-order valence-corrected chi connectivity index (χ3v) is 7.84. The van der Waals surface area contributed by atoms with E-state index in [9.17, 15) is 13.2 Å². The van der Waals surface area contributed by atoms with Crippen LogP contribution in [0.5, 0.6) is 11.5 Å². The summed E-state index contributed by atoms with van der Waals surface area (Å²) >= 11 is 0. The van der Waals surface area contributed by atoms with Gasteiger partial charge in [-0.25, -0.2) is 8.42 Å². The van der Waals surface area contributed by atoms with Crippen LogP contribution in [-0.4, -0.2) is 34.6 Å². The molecule has 184 valence electrons. The second-order valence-electron chi connectivity index (χ2n) is 8.33. The average molecular weight is 495 g/mol. The summed E-state index contributed by atoms with van der Waals surface area (Å²) in [5.74, 6) is 1.01. The van der Waals surface area contributed by atoms with Crippen LogP contribution in [0, 0.1) is 0 Å². The molecule has 1 N–H and O–H groups in total. The molecule has 0 aromatic heterocycles. The number of anilines is 1. The Morgan fingerprint density at radius 2 is 1.74 bits per heavy atom. The smallest absolute Gasteiger partial charge is 0.264 e. The minimum absolute atomic E-state index is 0.0905. The van der Waals surface area contributed by atoms with Gasteiger partial charge in [0.15, 0.2) is 0 Å². The lowest BCUT2D eigenvalue weighted by atomic mass is 9.87. The van der Waals surface area contributed by atoms with Gasteiger partial charge < -0.3 is 14.8 Å². The highest BCUT2D eigenvalue weighted by atomic mass is 32.2. The van der Waals surface area contributed by atoms with E-state index in [2.05, 4.69) is 5.32 Å². The molecular weight excluding hydrogens is 464 g/mol. The van der Waals surface area contributed by atoms with Crippen molar-refractivity contribution in [3.05, 3.63) is 83.9 Å². The van der Waals surface area contributed by atoms with Gasteiger partial charge in [-0.15, -0.1) is 0 Å². The number of benzene rings is 3. The van der Waals surface area contributed by atoms with Gasteiger partial charge in [0.1, 0.15) is 18.0 Å². The number of hydrogen-bond donors (Lipinski definition) is 1. The van der Waals surface area contributed by atoms with E-state index in [4.69, 9.17) is 9.47 Å². The fourth-order valence-electron chi connectivity index (χ4n) is 4.35. The largest absolute Gasteiger partial charge is 0.497 e. The molecule has 1 amide bonds. The molecule has 0 spiro atoms. The van der Waals surface area contributed by atoms with E-state index < -0.39 is 10.0 Å². The van der Waals surface area contributed by atoms with Gasteiger partial charge in [-0.2, -0.15) is 0 Å². The maximum atomic E-state index is 13.6. The Kier molecular flexibility index (Phi) is 7.60. The van der Waals surface area contributed by atoms with Crippen molar-refractivity contribution >= 4 is 21.6 Å². The van der Waals surface area contributed by atoms with Gasteiger partial charge in [-0.3, -0.25) is 9.10 Å². The van der Waals surface area contributed by atoms with Crippen LogP contribution in [0.3, 0.4) is 0 Å². The number of carbonyl (C=O) groups is 1. The molecule has 35 heavy (non-hydrogen) atoms. The van der Waals surface area contributed by atoms with Crippen molar-refractivity contribution < 1.29 is 22.7 Å². The third kappa shape index (κ3) is 5.59. The van der Waals surface area contributed by atoms with Crippen molar-refractivity contribution in [2.24, 2.45) is 0 Å². The number of fused-ring (bicyclic) bond motifs is 1. The summed E-state index contributed by atoms with van der Waals surface area (Å²) in [6.07, 6.45) is 2.64. The zero-order valence-electron chi connectivity index (χ0n) is 19.9. The number of aryl methyl sites for hydroxylation is 1. The monoisotopic (exact) mass is 494 g/mol. The highest BCUT2D eigenvalue weighted by Crippen LogP contribution is 2.32. The van der Waals surface area contributed by atoms with Crippen molar-refractivity contribution in [1.29, 1.82) is 0 Å². The fourth-order valence-corrected chi connectivity index (χ4v) is 5.77. The van der Waals surface area contributed by atoms with Gasteiger partial charge >= 0.3 is 0 Å². The van der Waals surface area contributed by atoms with Crippen LogP contribution in [0.15, 0.2) is 77.7 Å². The number of hydrogen-bond acceptors (Lipinski definition) is 5. The molecule has 3 aromatic rings. The number of nitrogens with zero attached hydrogens (tertiary/aromatic N) is 1. The topological polar surface area (TPSA) is 84.9 Å². The molecule has 8 heteroatoms. The number of carbonyl (C=O) groups excluding carboxylic acids is 1. The van der Waals surface area contributed by atoms with Gasteiger partial charge in [0.25, 0.3) is 10.0 Å². The van der Waals surface area contributed by atoms with Crippen LogP contribution in [-0.2, 0) is 21.2 Å². The average Bonchev–Trinajstić information content (AvgIpc) is 2.88. The summed E-state index contributed by atoms with van der Waals surface area (Å²) in [5.41, 5.74) is 2.61. The van der Waals surface area contributed by atoms with Crippen molar-refractivity contribution in [2.45, 2.75) is 37.1 Å². The predicted octanol–water partition coefficient (Wildman–Crippen LogP) is 4.48. The number of ether oxygens (including phenoxy) is 2. The van der Waals surface area contributed by atoms with Crippen LogP contribution in [0.25, 0.3) is 0 Å². The molecule has 1 aliphatic carbocycles. The van der Waals surface area contributed by atoms with E-state index in [0.717, 1.165) is 40.4 Å². The summed E-state index contributed by atoms with van der Waals surface area (Å²) in [4.78, 5) is 13.3. The van der Waals surface area contributed by atoms with Crippen LogP contribution >= 0.6 is 0 Å². The molecule has 1 unspecified atom stereocenters. The van der Waals surface area contributed by atoms with E-state index in [1.165, 1.54) is 12.1 Å². The molecule has 7 nitrogen and oxygen atoms in total. The highest BCUT2D eigenvalue weighted by molar-refractivity contribution is 7.92. The SMILES string of the molecule is CCOc1ccc(S(=O)(=O)N(CC(=O)NC2CCCc3cc(OC)ccc32)c2ccccc2)cc1. The molecule has 0 saturated carbocycles. The summed E-state index contributed by atoms with van der Waals surface area (Å²) in [6.45, 7) is 2.02. The maximum absolute atomic E-state index is 13.6. The number of para-hydroxylation sites is 1. The van der Waals surface area contributed by atoms with Crippen molar-refractivity contribution in [3.63, 3.8) is 0 Å². The summed E-state index contributed by atoms with van der Waals surface area (Å²) < 4.78 is 39.1. The standard InChI is InChI=1S/C27H30N2O5S/c1-3-34-22-12-15-24(16-13-22)35(31,32)29(21-9-5-4-6-10-21)19-27(30)28-26-11-7-8-20-18-23(33-2)14-17-25(20)26/h4-6,9-10,12-18,26H,3,7-8,11,19H2,1-2H3,(H,28,30). The fraction of sp³-hybridized carbons (Fsp3) is 0.296. The number of methoxy groups -OCH3 is 1. The van der Waals surface area contributed by atoms with Gasteiger partial charge in [-0.1, -0.05) is 24.3 Å². The Morgan fingerprint density at radius 3 is 2.43 bits per heavy atom. The molecule has 0 aliphatic heterocycles. The summed E-state index contributed by atoms with van der Waals surface area (Å²) in [7, 11) is -2.36. The van der Waals surface area contributed by atoms with Crippen molar-refractivity contribution in [1.82, 2.24) is 5.32 Å². The number of sulfonamides is 1. The van der Waals surface area contributed by atoms with Gasteiger partial charge in [0, 0.05) is 0 Å². The van der Waals surface area contributed by atoms with Gasteiger partial charge in [0.05, 0.1) is 30.3 Å². The van der Waals surface area contributed by atoms with E-state index >= 15 is 0 Å². The molecule has 0 saturated heterocycles. The summed E-state index contributed by atoms with van der Waals surface area (Å²) in [6, 6.07) is 20.6. The molecule has 0 radical (unpaired) electrons. The molecule has 0 bridgehead atoms. The first-order valence-corrected chi connectivity index (χ1v) is 13.1. The number of nitrogens with one attached hydrogen (secondary N) is 1. The Bertz CT molecular complexity index is 1260. The van der Waals surface area contributed by atoms with E-state index in [-0.39, 0.29) is 23.4 Å². The minimum atomic E-state index is -3.99. The van der Waals surface area contributed by atoms with Gasteiger partial charge in [0.2, 0.25) is 5.91 Å². The predicted molar refractivity (Wildman–Crippen MR) is 135 cm³/mol. The van der Waals surface area contributed by atoms with Crippen LogP contribution < -0.4 is 19.1 Å².